The number of carbonyl (C=O) groups is 2. The summed E-state index contributed by atoms with van der Waals surface area (Å²) in [5.74, 6) is 0.342. The van der Waals surface area contributed by atoms with Gasteiger partial charge in [0.2, 0.25) is 5.43 Å². The number of benzene rings is 1. The van der Waals surface area contributed by atoms with E-state index < -0.39 is 11.3 Å². The van der Waals surface area contributed by atoms with Crippen molar-refractivity contribution in [2.75, 3.05) is 39.8 Å². The molecule has 8 heteroatoms. The number of nitrogens with zero attached hydrogens (tertiary/aromatic N) is 3. The van der Waals surface area contributed by atoms with Crippen LogP contribution in [-0.2, 0) is 6.54 Å². The molecule has 0 atom stereocenters. The number of methoxy groups -OCH3 is 1. The van der Waals surface area contributed by atoms with Gasteiger partial charge in [0.05, 0.1) is 13.7 Å². The molecular formula is C27H38N4O4. The highest BCUT2D eigenvalue weighted by molar-refractivity contribution is 5.99. The molecule has 1 saturated heterocycles. The number of rotatable bonds is 9. The standard InChI is InChI=1S/C27H38N4O4/c1-19(2)10-11-28-26(33)22-17-29(16-21-8-6-7-9-24(21)35-5)18-23(25(22)32)27(34)31-14-12-30(13-15-31)20(3)4/h6-9,17-20H,10-16H2,1-5H3,(H,28,33). The van der Waals surface area contributed by atoms with Gasteiger partial charge in [-0.15, -0.1) is 0 Å². The first-order chi connectivity index (χ1) is 16.7. The molecule has 0 radical (unpaired) electrons. The third-order valence-corrected chi connectivity index (χ3v) is 6.44. The van der Waals surface area contributed by atoms with E-state index in [-0.39, 0.29) is 17.0 Å². The second-order valence-electron chi connectivity index (χ2n) is 9.76. The normalized spacial score (nSPS) is 14.4. The van der Waals surface area contributed by atoms with Gasteiger partial charge in [-0.05, 0) is 32.3 Å². The molecule has 0 spiro atoms. The molecule has 35 heavy (non-hydrogen) atoms. The molecular weight excluding hydrogens is 444 g/mol. The van der Waals surface area contributed by atoms with Gasteiger partial charge in [-0.2, -0.15) is 0 Å². The van der Waals surface area contributed by atoms with Crippen LogP contribution >= 0.6 is 0 Å². The molecule has 3 rings (SSSR count). The molecule has 190 valence electrons. The molecule has 2 amide bonds. The van der Waals surface area contributed by atoms with E-state index in [0.29, 0.717) is 43.9 Å². The van der Waals surface area contributed by atoms with E-state index in [1.54, 1.807) is 22.8 Å². The predicted octanol–water partition coefficient (Wildman–Crippen LogP) is 2.85. The van der Waals surface area contributed by atoms with E-state index in [1.165, 1.54) is 6.20 Å². The van der Waals surface area contributed by atoms with Gasteiger partial charge in [0, 0.05) is 56.7 Å². The quantitative estimate of drug-likeness (QED) is 0.594. The first kappa shape index (κ1) is 26.5. The molecule has 0 unspecified atom stereocenters. The topological polar surface area (TPSA) is 83.9 Å². The maximum absolute atomic E-state index is 13.4. The largest absolute Gasteiger partial charge is 0.496 e. The average Bonchev–Trinajstić information content (AvgIpc) is 2.84. The van der Waals surface area contributed by atoms with Crippen molar-refractivity contribution in [2.24, 2.45) is 5.92 Å². The van der Waals surface area contributed by atoms with Crippen molar-refractivity contribution >= 4 is 11.8 Å². The van der Waals surface area contributed by atoms with Crippen molar-refractivity contribution in [3.05, 3.63) is 63.6 Å². The van der Waals surface area contributed by atoms with Crippen LogP contribution in [0.25, 0.3) is 0 Å². The number of nitrogens with one attached hydrogen (secondary N) is 1. The molecule has 1 aromatic heterocycles. The zero-order valence-corrected chi connectivity index (χ0v) is 21.5. The van der Waals surface area contributed by atoms with Gasteiger partial charge in [-0.25, -0.2) is 0 Å². The third-order valence-electron chi connectivity index (χ3n) is 6.44. The highest BCUT2D eigenvalue weighted by Crippen LogP contribution is 2.19. The third kappa shape index (κ3) is 6.72. The molecule has 8 nitrogen and oxygen atoms in total. The summed E-state index contributed by atoms with van der Waals surface area (Å²) >= 11 is 0. The van der Waals surface area contributed by atoms with E-state index in [9.17, 15) is 14.4 Å². The Bertz CT molecular complexity index is 1080. The second kappa shape index (κ2) is 12.0. The number of carbonyl (C=O) groups excluding carboxylic acids is 2. The van der Waals surface area contributed by atoms with Gasteiger partial charge in [-0.3, -0.25) is 19.3 Å². The Labute approximate surface area is 207 Å². The van der Waals surface area contributed by atoms with Crippen LogP contribution in [0.1, 0.15) is 60.4 Å². The minimum Gasteiger partial charge on any atom is -0.496 e. The van der Waals surface area contributed by atoms with Crippen LogP contribution < -0.4 is 15.5 Å². The van der Waals surface area contributed by atoms with Gasteiger partial charge < -0.3 is 19.5 Å². The fourth-order valence-electron chi connectivity index (χ4n) is 4.25. The smallest absolute Gasteiger partial charge is 0.259 e. The summed E-state index contributed by atoms with van der Waals surface area (Å²) in [5, 5.41) is 2.84. The first-order valence-electron chi connectivity index (χ1n) is 12.4. The van der Waals surface area contributed by atoms with Crippen molar-refractivity contribution in [1.82, 2.24) is 19.7 Å². The van der Waals surface area contributed by atoms with E-state index in [2.05, 4.69) is 37.9 Å². The zero-order chi connectivity index (χ0) is 25.5. The number of ether oxygens (including phenoxy) is 1. The van der Waals surface area contributed by atoms with Crippen LogP contribution in [0.3, 0.4) is 0 Å². The number of piperazine rings is 1. The molecule has 0 saturated carbocycles. The summed E-state index contributed by atoms with van der Waals surface area (Å²) in [7, 11) is 1.60. The number of hydrogen-bond acceptors (Lipinski definition) is 5. The fraction of sp³-hybridized carbons (Fsp3) is 0.519. The van der Waals surface area contributed by atoms with Gasteiger partial charge in [0.25, 0.3) is 11.8 Å². The summed E-state index contributed by atoms with van der Waals surface area (Å²) in [5.41, 5.74) is 0.359. The molecule has 1 aromatic carbocycles. The number of aromatic nitrogens is 1. The van der Waals surface area contributed by atoms with Crippen LogP contribution in [0.2, 0.25) is 0 Å². The summed E-state index contributed by atoms with van der Waals surface area (Å²) < 4.78 is 7.19. The first-order valence-corrected chi connectivity index (χ1v) is 12.4. The van der Waals surface area contributed by atoms with Gasteiger partial charge >= 0.3 is 0 Å². The van der Waals surface area contributed by atoms with Crippen molar-refractivity contribution < 1.29 is 14.3 Å². The van der Waals surface area contributed by atoms with Crippen LogP contribution in [-0.4, -0.2) is 72.1 Å². The lowest BCUT2D eigenvalue weighted by atomic mass is 10.1. The SMILES string of the molecule is COc1ccccc1Cn1cc(C(=O)NCCC(C)C)c(=O)c(C(=O)N2CCN(C(C)C)CC2)c1. The summed E-state index contributed by atoms with van der Waals surface area (Å²) in [6, 6.07) is 7.97. The van der Waals surface area contributed by atoms with Crippen LogP contribution in [0.4, 0.5) is 0 Å². The Morgan fingerprint density at radius 2 is 1.66 bits per heavy atom. The Morgan fingerprint density at radius 1 is 1.00 bits per heavy atom. The highest BCUT2D eigenvalue weighted by atomic mass is 16.5. The van der Waals surface area contributed by atoms with Crippen LogP contribution in [0, 0.1) is 5.92 Å². The number of hydrogen-bond donors (Lipinski definition) is 1. The maximum Gasteiger partial charge on any atom is 0.259 e. The van der Waals surface area contributed by atoms with E-state index in [1.807, 2.05) is 24.3 Å². The Kier molecular flexibility index (Phi) is 9.09. The Morgan fingerprint density at radius 3 is 2.29 bits per heavy atom. The van der Waals surface area contributed by atoms with Gasteiger partial charge in [0.15, 0.2) is 0 Å². The minimum atomic E-state index is -0.528. The van der Waals surface area contributed by atoms with Gasteiger partial charge in [0.1, 0.15) is 16.9 Å². The number of amides is 2. The molecule has 1 aliphatic heterocycles. The second-order valence-corrected chi connectivity index (χ2v) is 9.76. The average molecular weight is 483 g/mol. The lowest BCUT2D eigenvalue weighted by Gasteiger charge is -2.36. The van der Waals surface area contributed by atoms with E-state index >= 15 is 0 Å². The molecule has 0 bridgehead atoms. The maximum atomic E-state index is 13.4. The minimum absolute atomic E-state index is 0.0182. The molecule has 0 aliphatic carbocycles. The highest BCUT2D eigenvalue weighted by Gasteiger charge is 2.27. The lowest BCUT2D eigenvalue weighted by Crippen LogP contribution is -2.51. The fourth-order valence-corrected chi connectivity index (χ4v) is 4.25. The Balaban J connectivity index is 1.93. The van der Waals surface area contributed by atoms with Crippen molar-refractivity contribution in [1.29, 1.82) is 0 Å². The molecule has 1 aliphatic rings. The molecule has 2 aromatic rings. The predicted molar refractivity (Wildman–Crippen MR) is 137 cm³/mol. The van der Waals surface area contributed by atoms with Crippen molar-refractivity contribution in [2.45, 2.75) is 46.7 Å². The zero-order valence-electron chi connectivity index (χ0n) is 21.5. The monoisotopic (exact) mass is 482 g/mol. The number of pyridine rings is 1. The molecule has 1 N–H and O–H groups in total. The van der Waals surface area contributed by atoms with Gasteiger partial charge in [-0.1, -0.05) is 32.0 Å². The van der Waals surface area contributed by atoms with Crippen molar-refractivity contribution in [3.63, 3.8) is 0 Å². The summed E-state index contributed by atoms with van der Waals surface area (Å²) in [4.78, 5) is 43.8. The van der Waals surface area contributed by atoms with E-state index in [4.69, 9.17) is 4.74 Å². The van der Waals surface area contributed by atoms with E-state index in [0.717, 1.165) is 25.1 Å². The lowest BCUT2D eigenvalue weighted by molar-refractivity contribution is 0.0593. The molecule has 1 fully saturated rings. The Hall–Kier alpha value is -3.13. The summed E-state index contributed by atoms with van der Waals surface area (Å²) in [6.07, 6.45) is 3.91. The molecule has 2 heterocycles. The van der Waals surface area contributed by atoms with Crippen LogP contribution in [0.15, 0.2) is 41.5 Å². The van der Waals surface area contributed by atoms with Crippen molar-refractivity contribution in [3.8, 4) is 5.75 Å². The summed E-state index contributed by atoms with van der Waals surface area (Å²) in [6.45, 7) is 11.9. The van der Waals surface area contributed by atoms with Crippen LogP contribution in [0.5, 0.6) is 5.75 Å². The number of para-hydroxylation sites is 1.